The smallest absolute Gasteiger partial charge is 0.262 e. The largest absolute Gasteiger partial charge is 0.493 e. The van der Waals surface area contributed by atoms with Crippen LogP contribution in [0.1, 0.15) is 49.8 Å². The Hall–Kier alpha value is -3.11. The number of nitrogens with zero attached hydrogens (tertiary/aromatic N) is 1. The second-order valence-corrected chi connectivity index (χ2v) is 9.01. The summed E-state index contributed by atoms with van der Waals surface area (Å²) in [6, 6.07) is 24.3. The van der Waals surface area contributed by atoms with Gasteiger partial charge in [-0.1, -0.05) is 62.4 Å². The van der Waals surface area contributed by atoms with E-state index in [2.05, 4.69) is 41.9 Å². The predicted octanol–water partition coefficient (Wildman–Crippen LogP) is 7.83. The third-order valence-corrected chi connectivity index (χ3v) is 6.58. The van der Waals surface area contributed by atoms with Crippen LogP contribution in [0.3, 0.4) is 0 Å². The fourth-order valence-electron chi connectivity index (χ4n) is 3.94. The van der Waals surface area contributed by atoms with Gasteiger partial charge in [-0.05, 0) is 88.3 Å². The van der Waals surface area contributed by atoms with Gasteiger partial charge in [0.1, 0.15) is 5.75 Å². The second-order valence-electron chi connectivity index (χ2n) is 8.16. The molecule has 0 saturated carbocycles. The summed E-state index contributed by atoms with van der Waals surface area (Å²) in [5.74, 6) is 1.25. The highest BCUT2D eigenvalue weighted by Gasteiger charge is 2.30. The van der Waals surface area contributed by atoms with Crippen molar-refractivity contribution in [3.63, 3.8) is 0 Å². The Bertz CT molecular complexity index is 1200. The molecule has 4 rings (SSSR count). The van der Waals surface area contributed by atoms with Crippen LogP contribution in [-0.4, -0.2) is 12.5 Å². The summed E-state index contributed by atoms with van der Waals surface area (Å²) in [6.45, 7) is 6.97. The highest BCUT2D eigenvalue weighted by atomic mass is 79.9. The number of carbonyl (C=O) groups excluding carboxylic acids is 1. The zero-order valence-corrected chi connectivity index (χ0v) is 20.8. The van der Waals surface area contributed by atoms with Crippen molar-refractivity contribution in [2.45, 2.75) is 33.1 Å². The van der Waals surface area contributed by atoms with Crippen LogP contribution in [0.2, 0.25) is 0 Å². The molecular weight excluding hydrogens is 474 g/mol. The molecule has 168 valence electrons. The minimum absolute atomic E-state index is 0.0323. The number of benzene rings is 3. The molecule has 0 unspecified atom stereocenters. The van der Waals surface area contributed by atoms with Gasteiger partial charge < -0.3 is 4.74 Å². The van der Waals surface area contributed by atoms with Gasteiger partial charge in [0.2, 0.25) is 0 Å². The number of carbonyl (C=O) groups is 1. The minimum Gasteiger partial charge on any atom is -0.493 e. The number of halogens is 1. The summed E-state index contributed by atoms with van der Waals surface area (Å²) >= 11 is 3.57. The number of amides is 1. The molecule has 0 spiro atoms. The molecule has 1 heterocycles. The molecule has 1 aliphatic heterocycles. The molecule has 0 N–H and O–H groups in total. The van der Waals surface area contributed by atoms with Gasteiger partial charge in [0.05, 0.1) is 16.8 Å². The zero-order chi connectivity index (χ0) is 23.4. The van der Waals surface area contributed by atoms with Crippen LogP contribution in [0.5, 0.6) is 5.75 Å². The van der Waals surface area contributed by atoms with Crippen molar-refractivity contribution in [2.75, 3.05) is 11.5 Å². The standard InChI is InChI=1S/C29H28BrNO2/c1-4-20(3)22-12-14-25(15-13-22)31-27(23-9-7-6-8-10-23)19-24(29(31)32)17-21-11-16-28(33-5-2)26(30)18-21/h6-20H,4-5H2,1-3H3/b24-17+/t20-/m0/s1. The maximum absolute atomic E-state index is 13.6. The highest BCUT2D eigenvalue weighted by Crippen LogP contribution is 2.36. The van der Waals surface area contributed by atoms with E-state index in [1.165, 1.54) is 5.56 Å². The van der Waals surface area contributed by atoms with E-state index in [9.17, 15) is 4.79 Å². The summed E-state index contributed by atoms with van der Waals surface area (Å²) < 4.78 is 6.48. The minimum atomic E-state index is -0.0323. The molecule has 0 radical (unpaired) electrons. The molecule has 3 aromatic carbocycles. The van der Waals surface area contributed by atoms with E-state index in [1.807, 2.05) is 84.6 Å². The molecule has 3 nitrogen and oxygen atoms in total. The normalized spacial score (nSPS) is 15.6. The van der Waals surface area contributed by atoms with Gasteiger partial charge in [-0.2, -0.15) is 0 Å². The van der Waals surface area contributed by atoms with Crippen LogP contribution >= 0.6 is 15.9 Å². The van der Waals surface area contributed by atoms with Crippen molar-refractivity contribution in [3.05, 3.63) is 106 Å². The summed E-state index contributed by atoms with van der Waals surface area (Å²) in [5.41, 5.74) is 5.63. The first-order chi connectivity index (χ1) is 16.0. The third kappa shape index (κ3) is 4.96. The molecule has 0 aliphatic carbocycles. The molecular formula is C29H28BrNO2. The van der Waals surface area contributed by atoms with Crippen molar-refractivity contribution in [1.82, 2.24) is 0 Å². The fraction of sp³-hybridized carbons (Fsp3) is 0.207. The number of ether oxygens (including phenoxy) is 1. The first kappa shape index (κ1) is 23.1. The molecule has 0 aromatic heterocycles. The molecule has 0 saturated heterocycles. The molecule has 1 amide bonds. The SMILES string of the molecule is CCOc1ccc(/C=C2\C=C(c3ccccc3)N(c3ccc([C@@H](C)CC)cc3)C2=O)cc1Br. The van der Waals surface area contributed by atoms with Gasteiger partial charge in [0.15, 0.2) is 0 Å². The van der Waals surface area contributed by atoms with Crippen molar-refractivity contribution >= 4 is 39.3 Å². The van der Waals surface area contributed by atoms with Crippen molar-refractivity contribution in [1.29, 1.82) is 0 Å². The van der Waals surface area contributed by atoms with Crippen molar-refractivity contribution < 1.29 is 9.53 Å². The lowest BCUT2D eigenvalue weighted by Gasteiger charge is -2.21. The summed E-state index contributed by atoms with van der Waals surface area (Å²) in [5, 5.41) is 0. The number of hydrogen-bond acceptors (Lipinski definition) is 2. The fourth-order valence-corrected chi connectivity index (χ4v) is 4.45. The van der Waals surface area contributed by atoms with Crippen LogP contribution in [0, 0.1) is 0 Å². The van der Waals surface area contributed by atoms with Crippen LogP contribution in [0.4, 0.5) is 5.69 Å². The van der Waals surface area contributed by atoms with E-state index >= 15 is 0 Å². The number of anilines is 1. The quantitative estimate of drug-likeness (QED) is 0.308. The molecule has 1 atom stereocenters. The first-order valence-electron chi connectivity index (χ1n) is 11.4. The molecule has 33 heavy (non-hydrogen) atoms. The number of rotatable bonds is 7. The van der Waals surface area contributed by atoms with Gasteiger partial charge in [0, 0.05) is 11.3 Å². The highest BCUT2D eigenvalue weighted by molar-refractivity contribution is 9.10. The number of hydrogen-bond donors (Lipinski definition) is 0. The van der Waals surface area contributed by atoms with Gasteiger partial charge in [-0.25, -0.2) is 0 Å². The predicted molar refractivity (Wildman–Crippen MR) is 140 cm³/mol. The average molecular weight is 502 g/mol. The van der Waals surface area contributed by atoms with Crippen LogP contribution in [-0.2, 0) is 4.79 Å². The van der Waals surface area contributed by atoms with Gasteiger partial charge >= 0.3 is 0 Å². The Morgan fingerprint density at radius 3 is 2.36 bits per heavy atom. The van der Waals surface area contributed by atoms with E-state index < -0.39 is 0 Å². The van der Waals surface area contributed by atoms with E-state index in [-0.39, 0.29) is 5.91 Å². The zero-order valence-electron chi connectivity index (χ0n) is 19.2. The molecule has 4 heteroatoms. The average Bonchev–Trinajstić information content (AvgIpc) is 3.17. The van der Waals surface area contributed by atoms with Crippen molar-refractivity contribution in [3.8, 4) is 5.75 Å². The lowest BCUT2D eigenvalue weighted by Crippen LogP contribution is -2.25. The van der Waals surface area contributed by atoms with E-state index in [1.54, 1.807) is 0 Å². The summed E-state index contributed by atoms with van der Waals surface area (Å²) in [6.07, 6.45) is 4.99. The maximum Gasteiger partial charge on any atom is 0.262 e. The van der Waals surface area contributed by atoms with E-state index in [0.717, 1.165) is 39.2 Å². The van der Waals surface area contributed by atoms with Crippen LogP contribution in [0.25, 0.3) is 11.8 Å². The Kier molecular flexibility index (Phi) is 7.14. The van der Waals surface area contributed by atoms with Gasteiger partial charge in [0.25, 0.3) is 5.91 Å². The Morgan fingerprint density at radius 1 is 1.00 bits per heavy atom. The van der Waals surface area contributed by atoms with Crippen LogP contribution < -0.4 is 9.64 Å². The Balaban J connectivity index is 1.73. The summed E-state index contributed by atoms with van der Waals surface area (Å²) in [7, 11) is 0. The van der Waals surface area contributed by atoms with E-state index in [4.69, 9.17) is 4.74 Å². The topological polar surface area (TPSA) is 29.5 Å². The first-order valence-corrected chi connectivity index (χ1v) is 12.2. The lowest BCUT2D eigenvalue weighted by atomic mass is 9.98. The molecule has 3 aromatic rings. The van der Waals surface area contributed by atoms with Gasteiger partial charge in [-0.15, -0.1) is 0 Å². The lowest BCUT2D eigenvalue weighted by molar-refractivity contribution is -0.113. The van der Waals surface area contributed by atoms with Gasteiger partial charge in [-0.3, -0.25) is 9.69 Å². The van der Waals surface area contributed by atoms with E-state index in [0.29, 0.717) is 18.1 Å². The molecule has 0 fully saturated rings. The maximum atomic E-state index is 13.6. The molecule has 1 aliphatic rings. The third-order valence-electron chi connectivity index (χ3n) is 5.96. The van der Waals surface area contributed by atoms with Crippen LogP contribution in [0.15, 0.2) is 88.9 Å². The second kappa shape index (κ2) is 10.2. The monoisotopic (exact) mass is 501 g/mol. The summed E-state index contributed by atoms with van der Waals surface area (Å²) in [4.78, 5) is 15.4. The van der Waals surface area contributed by atoms with Crippen molar-refractivity contribution in [2.24, 2.45) is 0 Å². The molecule has 0 bridgehead atoms. The Morgan fingerprint density at radius 2 is 1.73 bits per heavy atom. The Labute approximate surface area is 204 Å².